The van der Waals surface area contributed by atoms with Crippen molar-refractivity contribution in [3.63, 3.8) is 0 Å². The van der Waals surface area contributed by atoms with Gasteiger partial charge in [0, 0.05) is 18.6 Å². The van der Waals surface area contributed by atoms with E-state index in [1.807, 2.05) is 19.1 Å². The minimum Gasteiger partial charge on any atom is -0.303 e. The van der Waals surface area contributed by atoms with Crippen LogP contribution in [0.3, 0.4) is 0 Å². The van der Waals surface area contributed by atoms with Crippen LogP contribution in [-0.2, 0) is 13.6 Å². The van der Waals surface area contributed by atoms with E-state index >= 15 is 0 Å². The molecule has 2 N–H and O–H groups in total. The van der Waals surface area contributed by atoms with Crippen LogP contribution in [0.4, 0.5) is 5.95 Å². The number of hydrogen-bond donors (Lipinski definition) is 2. The molecule has 2 heterocycles. The summed E-state index contributed by atoms with van der Waals surface area (Å²) in [4.78, 5) is 30.3. The lowest BCUT2D eigenvalue weighted by Gasteiger charge is -2.03. The van der Waals surface area contributed by atoms with Crippen molar-refractivity contribution in [1.82, 2.24) is 19.1 Å². The van der Waals surface area contributed by atoms with Crippen LogP contribution in [0.15, 0.2) is 39.0 Å². The summed E-state index contributed by atoms with van der Waals surface area (Å²) in [6.45, 7) is 2.37. The second-order valence-electron chi connectivity index (χ2n) is 5.09. The van der Waals surface area contributed by atoms with Gasteiger partial charge in [-0.15, -0.1) is 0 Å². The van der Waals surface area contributed by atoms with Crippen LogP contribution in [0, 0.1) is 0 Å². The largest absolute Gasteiger partial charge is 0.329 e. The first-order chi connectivity index (χ1) is 11.5. The molecular formula is C15H15ClN6O2. The minimum atomic E-state index is -0.510. The van der Waals surface area contributed by atoms with Crippen LogP contribution in [-0.4, -0.2) is 25.3 Å². The van der Waals surface area contributed by atoms with Gasteiger partial charge in [-0.25, -0.2) is 10.2 Å². The Hall–Kier alpha value is -2.87. The molecule has 8 nitrogen and oxygen atoms in total. The van der Waals surface area contributed by atoms with Crippen LogP contribution in [0.5, 0.6) is 0 Å². The molecule has 0 aliphatic heterocycles. The predicted molar refractivity (Wildman–Crippen MR) is 93.9 cm³/mol. The number of anilines is 1. The van der Waals surface area contributed by atoms with Gasteiger partial charge in [-0.05, 0) is 24.6 Å². The molecule has 0 atom stereocenters. The molecule has 124 valence electrons. The second kappa shape index (κ2) is 6.32. The van der Waals surface area contributed by atoms with Crippen molar-refractivity contribution < 1.29 is 0 Å². The molecule has 0 aliphatic rings. The Kier molecular flexibility index (Phi) is 4.22. The maximum atomic E-state index is 12.1. The molecule has 0 amide bonds. The first-order valence-corrected chi connectivity index (χ1v) is 7.63. The summed E-state index contributed by atoms with van der Waals surface area (Å²) in [5.74, 6) is 0.379. The molecule has 3 aromatic rings. The molecule has 1 aromatic carbocycles. The van der Waals surface area contributed by atoms with Gasteiger partial charge in [0.25, 0.3) is 5.56 Å². The molecule has 0 spiro atoms. The average molecular weight is 347 g/mol. The van der Waals surface area contributed by atoms with Crippen molar-refractivity contribution in [2.45, 2.75) is 13.5 Å². The molecular weight excluding hydrogens is 332 g/mol. The number of nitrogens with zero attached hydrogens (tertiary/aromatic N) is 4. The molecule has 9 heteroatoms. The Morgan fingerprint density at radius 1 is 1.33 bits per heavy atom. The van der Waals surface area contributed by atoms with Gasteiger partial charge in [-0.2, -0.15) is 10.1 Å². The van der Waals surface area contributed by atoms with Gasteiger partial charge >= 0.3 is 5.69 Å². The van der Waals surface area contributed by atoms with Crippen LogP contribution in [0.25, 0.3) is 11.2 Å². The van der Waals surface area contributed by atoms with E-state index in [0.717, 1.165) is 5.56 Å². The zero-order chi connectivity index (χ0) is 17.3. The van der Waals surface area contributed by atoms with Crippen molar-refractivity contribution in [1.29, 1.82) is 0 Å². The van der Waals surface area contributed by atoms with E-state index in [1.54, 1.807) is 30.0 Å². The van der Waals surface area contributed by atoms with E-state index in [9.17, 15) is 9.59 Å². The zero-order valence-corrected chi connectivity index (χ0v) is 13.8. The molecule has 0 radical (unpaired) electrons. The molecule has 0 fully saturated rings. The second-order valence-corrected chi connectivity index (χ2v) is 5.53. The van der Waals surface area contributed by atoms with Crippen LogP contribution in [0.1, 0.15) is 12.5 Å². The number of hydrogen-bond acceptors (Lipinski definition) is 5. The molecule has 3 rings (SSSR count). The fraction of sp³-hybridized carbons (Fsp3) is 0.200. The van der Waals surface area contributed by atoms with Crippen molar-refractivity contribution in [3.8, 4) is 0 Å². The topological polar surface area (TPSA) is 97.1 Å². The summed E-state index contributed by atoms with van der Waals surface area (Å²) in [5, 5.41) is 4.77. The maximum absolute atomic E-state index is 12.1. The SMILES string of the molecule is CCn1c(N/N=C/c2ccc(Cl)cc2)nc2c1c(=O)[nH]c(=O)n2C. The number of H-pyrrole nitrogens is 1. The zero-order valence-electron chi connectivity index (χ0n) is 13.1. The highest BCUT2D eigenvalue weighted by molar-refractivity contribution is 6.30. The third-order valence-electron chi connectivity index (χ3n) is 3.57. The van der Waals surface area contributed by atoms with Gasteiger partial charge in [-0.3, -0.25) is 14.3 Å². The van der Waals surface area contributed by atoms with Crippen molar-refractivity contribution >= 4 is 34.9 Å². The molecule has 2 aromatic heterocycles. The van der Waals surface area contributed by atoms with E-state index in [1.165, 1.54) is 4.57 Å². The number of fused-ring (bicyclic) bond motifs is 1. The van der Waals surface area contributed by atoms with Gasteiger partial charge < -0.3 is 4.57 Å². The Morgan fingerprint density at radius 2 is 2.04 bits per heavy atom. The summed E-state index contributed by atoms with van der Waals surface area (Å²) in [6, 6.07) is 7.18. The number of aromatic nitrogens is 4. The summed E-state index contributed by atoms with van der Waals surface area (Å²) in [6.07, 6.45) is 1.61. The number of aromatic amines is 1. The third kappa shape index (κ3) is 2.83. The average Bonchev–Trinajstić information content (AvgIpc) is 2.94. The molecule has 24 heavy (non-hydrogen) atoms. The monoisotopic (exact) mass is 346 g/mol. The Labute approximate surface area is 141 Å². The van der Waals surface area contributed by atoms with Gasteiger partial charge in [-0.1, -0.05) is 23.7 Å². The Morgan fingerprint density at radius 3 is 2.71 bits per heavy atom. The van der Waals surface area contributed by atoms with Gasteiger partial charge in [0.1, 0.15) is 0 Å². The predicted octanol–water partition coefficient (Wildman–Crippen LogP) is 1.54. The number of nitrogens with one attached hydrogen (secondary N) is 2. The minimum absolute atomic E-state index is 0.301. The summed E-state index contributed by atoms with van der Waals surface area (Å²) in [5.41, 5.74) is 3.31. The number of benzene rings is 1. The highest BCUT2D eigenvalue weighted by Crippen LogP contribution is 2.15. The highest BCUT2D eigenvalue weighted by atomic mass is 35.5. The first-order valence-electron chi connectivity index (χ1n) is 7.25. The molecule has 0 aliphatic carbocycles. The van der Waals surface area contributed by atoms with Gasteiger partial charge in [0.2, 0.25) is 5.95 Å². The quantitative estimate of drug-likeness (QED) is 0.553. The van der Waals surface area contributed by atoms with Crippen LogP contribution in [0.2, 0.25) is 5.02 Å². The number of imidazole rings is 1. The fourth-order valence-corrected chi connectivity index (χ4v) is 2.47. The first kappa shape index (κ1) is 16.0. The standard InChI is InChI=1S/C15H15ClN6O2/c1-3-22-11-12(21(2)15(24)19-13(11)23)18-14(22)20-17-8-9-4-6-10(16)7-5-9/h4-8H,3H2,1-2H3,(H,18,20)(H,19,23,24)/b17-8+. The van der Waals surface area contributed by atoms with E-state index < -0.39 is 11.2 Å². The number of rotatable bonds is 4. The van der Waals surface area contributed by atoms with E-state index in [-0.39, 0.29) is 0 Å². The van der Waals surface area contributed by atoms with Crippen LogP contribution >= 0.6 is 11.6 Å². The van der Waals surface area contributed by atoms with E-state index in [0.29, 0.717) is 28.7 Å². The van der Waals surface area contributed by atoms with Gasteiger partial charge in [0.15, 0.2) is 11.2 Å². The summed E-state index contributed by atoms with van der Waals surface area (Å²) in [7, 11) is 1.55. The maximum Gasteiger partial charge on any atom is 0.329 e. The van der Waals surface area contributed by atoms with Crippen molar-refractivity contribution in [3.05, 3.63) is 55.7 Å². The van der Waals surface area contributed by atoms with E-state index in [2.05, 4.69) is 20.5 Å². The van der Waals surface area contributed by atoms with Crippen molar-refractivity contribution in [2.24, 2.45) is 12.1 Å². The number of aryl methyl sites for hydroxylation is 2. The lowest BCUT2D eigenvalue weighted by Crippen LogP contribution is -2.29. The smallest absolute Gasteiger partial charge is 0.303 e. The summed E-state index contributed by atoms with van der Waals surface area (Å²) < 4.78 is 2.95. The highest BCUT2D eigenvalue weighted by Gasteiger charge is 2.15. The molecule has 0 unspecified atom stereocenters. The fourth-order valence-electron chi connectivity index (χ4n) is 2.34. The Bertz CT molecular complexity index is 1030. The lowest BCUT2D eigenvalue weighted by molar-refractivity contribution is 0.781. The lowest BCUT2D eigenvalue weighted by atomic mass is 10.2. The van der Waals surface area contributed by atoms with E-state index in [4.69, 9.17) is 11.6 Å². The molecule has 0 bridgehead atoms. The molecule has 0 saturated carbocycles. The summed E-state index contributed by atoms with van der Waals surface area (Å²) >= 11 is 5.83. The molecule has 0 saturated heterocycles. The normalized spacial score (nSPS) is 11.5. The van der Waals surface area contributed by atoms with Crippen LogP contribution < -0.4 is 16.7 Å². The third-order valence-corrected chi connectivity index (χ3v) is 3.82. The van der Waals surface area contributed by atoms with Crippen molar-refractivity contribution in [2.75, 3.05) is 5.43 Å². The van der Waals surface area contributed by atoms with Gasteiger partial charge in [0.05, 0.1) is 6.21 Å². The number of hydrazone groups is 1. The Balaban J connectivity index is 1.99. The number of halogens is 1.